The second-order valence-electron chi connectivity index (χ2n) is 8.21. The van der Waals surface area contributed by atoms with Crippen molar-refractivity contribution >= 4 is 16.0 Å². The molecule has 0 atom stereocenters. The number of alkyl halides is 3. The number of imidazole rings is 1. The number of fused-ring (bicyclic) bond motifs is 2. The van der Waals surface area contributed by atoms with Crippen LogP contribution in [0.3, 0.4) is 0 Å². The van der Waals surface area contributed by atoms with Crippen molar-refractivity contribution in [2.24, 2.45) is 0 Å². The number of likely N-dealkylation sites (N-methyl/N-ethyl adjacent to an activating group) is 1. The van der Waals surface area contributed by atoms with Crippen molar-refractivity contribution in [3.8, 4) is 11.3 Å². The Balaban J connectivity index is 0.000000406. The molecule has 1 saturated heterocycles. The van der Waals surface area contributed by atoms with E-state index < -0.39 is 22.2 Å². The third-order valence-corrected chi connectivity index (χ3v) is 7.54. The lowest BCUT2D eigenvalue weighted by molar-refractivity contribution is -0.192. The molecule has 0 amide bonds. The zero-order chi connectivity index (χ0) is 25.3. The first-order valence-corrected chi connectivity index (χ1v) is 12.5. The van der Waals surface area contributed by atoms with E-state index in [1.54, 1.807) is 10.4 Å². The molecule has 1 aromatic carbocycles. The van der Waals surface area contributed by atoms with E-state index in [1.165, 1.54) is 18.4 Å². The number of nitrogens with zero attached hydrogens (tertiary/aromatic N) is 4. The fourth-order valence-electron chi connectivity index (χ4n) is 4.62. The molecule has 1 fully saturated rings. The Morgan fingerprint density at radius 2 is 1.79 bits per heavy atom. The Hall–Kier alpha value is -2.51. The lowest BCUT2D eigenvalue weighted by Gasteiger charge is -2.50. The van der Waals surface area contributed by atoms with E-state index in [2.05, 4.69) is 16.4 Å². The number of carboxylic acids is 1. The predicted molar refractivity (Wildman–Crippen MR) is 116 cm³/mol. The van der Waals surface area contributed by atoms with Crippen molar-refractivity contribution < 1.29 is 35.9 Å². The first-order valence-electron chi connectivity index (χ1n) is 10.6. The first-order chi connectivity index (χ1) is 15.8. The van der Waals surface area contributed by atoms with Crippen LogP contribution in [0.5, 0.6) is 0 Å². The van der Waals surface area contributed by atoms with Crippen LogP contribution in [0.25, 0.3) is 11.3 Å². The molecule has 1 aromatic heterocycles. The summed E-state index contributed by atoms with van der Waals surface area (Å²) >= 11 is 0. The van der Waals surface area contributed by atoms with Gasteiger partial charge in [0.1, 0.15) is 11.6 Å². The number of halogens is 4. The quantitative estimate of drug-likeness (QED) is 0.644. The van der Waals surface area contributed by atoms with Gasteiger partial charge in [0.05, 0.1) is 23.7 Å². The summed E-state index contributed by atoms with van der Waals surface area (Å²) in [7, 11) is -3.18. The number of carboxylic acid groups (broad SMARTS) is 1. The van der Waals surface area contributed by atoms with E-state index in [0.717, 1.165) is 36.7 Å². The van der Waals surface area contributed by atoms with Gasteiger partial charge in [-0.2, -0.15) is 13.2 Å². The van der Waals surface area contributed by atoms with Gasteiger partial charge in [0.15, 0.2) is 0 Å². The number of sulfonamides is 1. The number of aliphatic carboxylic acids is 1. The molecular formula is C21H26F4N4O4S. The maximum atomic E-state index is 13.7. The number of piperidine rings is 1. The van der Waals surface area contributed by atoms with E-state index in [9.17, 15) is 26.0 Å². The molecule has 188 valence electrons. The topological polar surface area (TPSA) is 95.7 Å². The van der Waals surface area contributed by atoms with Gasteiger partial charge in [-0.25, -0.2) is 26.9 Å². The van der Waals surface area contributed by atoms with Crippen LogP contribution < -0.4 is 0 Å². The molecular weight excluding hydrogens is 480 g/mol. The van der Waals surface area contributed by atoms with Crippen molar-refractivity contribution in [3.63, 3.8) is 0 Å². The smallest absolute Gasteiger partial charge is 0.475 e. The lowest BCUT2D eigenvalue weighted by Crippen LogP contribution is -2.58. The second-order valence-corrected chi connectivity index (χ2v) is 10.2. The summed E-state index contributed by atoms with van der Waals surface area (Å²) in [5.41, 5.74) is 1.48. The van der Waals surface area contributed by atoms with Gasteiger partial charge in [0.25, 0.3) is 0 Å². The van der Waals surface area contributed by atoms with Gasteiger partial charge in [-0.05, 0) is 31.5 Å². The maximum absolute atomic E-state index is 13.7. The van der Waals surface area contributed by atoms with Gasteiger partial charge in [-0.1, -0.05) is 19.1 Å². The number of rotatable bonds is 3. The minimum absolute atomic E-state index is 0.259. The highest BCUT2D eigenvalue weighted by atomic mass is 32.2. The summed E-state index contributed by atoms with van der Waals surface area (Å²) in [6.07, 6.45) is -0.554. The van der Waals surface area contributed by atoms with Crippen LogP contribution in [0.15, 0.2) is 30.5 Å². The van der Waals surface area contributed by atoms with E-state index >= 15 is 0 Å². The van der Waals surface area contributed by atoms with Gasteiger partial charge in [-0.15, -0.1) is 0 Å². The summed E-state index contributed by atoms with van der Waals surface area (Å²) in [6.45, 7) is 5.69. The fourth-order valence-corrected chi connectivity index (χ4v) is 5.46. The molecule has 0 unspecified atom stereocenters. The third-order valence-electron chi connectivity index (χ3n) is 6.23. The highest BCUT2D eigenvalue weighted by molar-refractivity contribution is 7.88. The second kappa shape index (κ2) is 9.62. The highest BCUT2D eigenvalue weighted by Gasteiger charge is 2.47. The van der Waals surface area contributed by atoms with Crippen LogP contribution in [0.4, 0.5) is 17.6 Å². The van der Waals surface area contributed by atoms with Gasteiger partial charge < -0.3 is 9.67 Å². The van der Waals surface area contributed by atoms with Crippen LogP contribution in [0.2, 0.25) is 0 Å². The van der Waals surface area contributed by atoms with Crippen LogP contribution >= 0.6 is 0 Å². The van der Waals surface area contributed by atoms with Crippen molar-refractivity contribution in [2.75, 3.05) is 32.4 Å². The largest absolute Gasteiger partial charge is 0.490 e. The third kappa shape index (κ3) is 5.26. The number of hydrogen-bond donors (Lipinski definition) is 1. The lowest BCUT2D eigenvalue weighted by atomic mass is 9.84. The van der Waals surface area contributed by atoms with Crippen LogP contribution in [-0.2, 0) is 26.9 Å². The van der Waals surface area contributed by atoms with E-state index in [4.69, 9.17) is 14.9 Å². The van der Waals surface area contributed by atoms with Gasteiger partial charge in [0.2, 0.25) is 10.0 Å². The van der Waals surface area contributed by atoms with Crippen molar-refractivity contribution in [3.05, 3.63) is 42.1 Å². The molecule has 0 bridgehead atoms. The Labute approximate surface area is 194 Å². The molecule has 8 nitrogen and oxygen atoms in total. The Morgan fingerprint density at radius 1 is 1.18 bits per heavy atom. The predicted octanol–water partition coefficient (Wildman–Crippen LogP) is 2.91. The highest BCUT2D eigenvalue weighted by Crippen LogP contribution is 2.42. The molecule has 4 rings (SSSR count). The van der Waals surface area contributed by atoms with Crippen molar-refractivity contribution in [1.82, 2.24) is 18.8 Å². The summed E-state index contributed by atoms with van der Waals surface area (Å²) in [5, 5.41) is 7.12. The summed E-state index contributed by atoms with van der Waals surface area (Å²) in [4.78, 5) is 16.1. The molecule has 1 spiro atoms. The van der Waals surface area contributed by atoms with Crippen molar-refractivity contribution in [1.29, 1.82) is 0 Å². The average Bonchev–Trinajstić information content (AvgIpc) is 3.19. The molecule has 3 heterocycles. The Kier molecular flexibility index (Phi) is 7.39. The minimum atomic E-state index is -5.08. The molecule has 13 heteroatoms. The van der Waals surface area contributed by atoms with E-state index in [1.807, 2.05) is 12.3 Å². The zero-order valence-corrected chi connectivity index (χ0v) is 19.5. The molecule has 0 aliphatic carbocycles. The number of benzene rings is 1. The molecule has 0 saturated carbocycles. The van der Waals surface area contributed by atoms with Gasteiger partial charge in [0, 0.05) is 31.7 Å². The van der Waals surface area contributed by atoms with Crippen LogP contribution in [0.1, 0.15) is 25.6 Å². The minimum Gasteiger partial charge on any atom is -0.475 e. The number of aromatic nitrogens is 2. The number of carbonyl (C=O) groups is 1. The fraction of sp³-hybridized carbons (Fsp3) is 0.524. The summed E-state index contributed by atoms with van der Waals surface area (Å²) < 4.78 is 73.1. The Morgan fingerprint density at radius 3 is 2.29 bits per heavy atom. The van der Waals surface area contributed by atoms with Crippen molar-refractivity contribution in [2.45, 2.75) is 38.0 Å². The maximum Gasteiger partial charge on any atom is 0.490 e. The van der Waals surface area contributed by atoms with E-state index in [0.29, 0.717) is 25.9 Å². The molecule has 2 aliphatic rings. The average molecular weight is 507 g/mol. The van der Waals surface area contributed by atoms with Gasteiger partial charge >= 0.3 is 12.1 Å². The molecule has 34 heavy (non-hydrogen) atoms. The van der Waals surface area contributed by atoms with E-state index in [-0.39, 0.29) is 11.4 Å². The molecule has 2 aliphatic heterocycles. The van der Waals surface area contributed by atoms with Crippen LogP contribution in [0, 0.1) is 5.82 Å². The molecule has 2 aromatic rings. The summed E-state index contributed by atoms with van der Waals surface area (Å²) in [6, 6.07) is 6.60. The SMILES string of the molecule is CCN1CCn2c(-c3cccc(F)c3)cnc2C12CCN(S(C)(=O)=O)CC2.O=C(O)C(F)(F)F. The Bertz CT molecular complexity index is 1140. The zero-order valence-electron chi connectivity index (χ0n) is 18.7. The molecule has 0 radical (unpaired) electrons. The molecule has 1 N–H and O–H groups in total. The van der Waals surface area contributed by atoms with Crippen LogP contribution in [-0.4, -0.2) is 76.9 Å². The first kappa shape index (κ1) is 26.1. The standard InChI is InChI=1S/C19H25FN4O2S.C2HF3O2/c1-3-22-11-12-24-17(15-5-4-6-16(20)13-15)14-21-18(24)19(22)7-9-23(10-8-19)27(2,25)26;3-2(4,5)1(6)7/h4-6,13-14H,3,7-12H2,1-2H3;(H,6,7). The normalized spacial score (nSPS) is 18.8. The van der Waals surface area contributed by atoms with Gasteiger partial charge in [-0.3, -0.25) is 4.90 Å². The summed E-state index contributed by atoms with van der Waals surface area (Å²) in [5.74, 6) is -2.04. The number of hydrogen-bond acceptors (Lipinski definition) is 5. The monoisotopic (exact) mass is 506 g/mol.